The number of carbonyl (C=O) groups excluding carboxylic acids is 2. The van der Waals surface area contributed by atoms with Gasteiger partial charge in [-0.3, -0.25) is 19.7 Å². The molecule has 0 atom stereocenters. The average Bonchev–Trinajstić information content (AvgIpc) is 2.78. The third kappa shape index (κ3) is 5.86. The maximum Gasteiger partial charge on any atom is 0.269 e. The summed E-state index contributed by atoms with van der Waals surface area (Å²) in [6, 6.07) is 12.9. The first-order valence-corrected chi connectivity index (χ1v) is 11.1. The van der Waals surface area contributed by atoms with Crippen molar-refractivity contribution in [1.29, 1.82) is 0 Å². The smallest absolute Gasteiger partial charge is 0.269 e. The Morgan fingerprint density at radius 2 is 1.65 bits per heavy atom. The number of sulfonamides is 1. The molecule has 0 aromatic heterocycles. The monoisotopic (exact) mass is 446 g/mol. The van der Waals surface area contributed by atoms with Gasteiger partial charge >= 0.3 is 0 Å². The Bertz CT molecular complexity index is 1050. The molecule has 0 bridgehead atoms. The summed E-state index contributed by atoms with van der Waals surface area (Å²) in [4.78, 5) is 36.0. The minimum Gasteiger partial charge on any atom is -0.343 e. The highest BCUT2D eigenvalue weighted by atomic mass is 32.2. The molecule has 0 saturated carbocycles. The second kappa shape index (κ2) is 9.67. The van der Waals surface area contributed by atoms with Crippen LogP contribution in [0.3, 0.4) is 0 Å². The lowest BCUT2D eigenvalue weighted by molar-refractivity contribution is -0.384. The Morgan fingerprint density at radius 1 is 1.03 bits per heavy atom. The molecule has 1 fully saturated rings. The van der Waals surface area contributed by atoms with Gasteiger partial charge in [-0.1, -0.05) is 18.2 Å². The van der Waals surface area contributed by atoms with Crippen molar-refractivity contribution in [3.05, 3.63) is 70.3 Å². The van der Waals surface area contributed by atoms with E-state index in [0.29, 0.717) is 31.5 Å². The summed E-state index contributed by atoms with van der Waals surface area (Å²) in [7, 11) is -3.83. The van der Waals surface area contributed by atoms with E-state index in [1.165, 1.54) is 12.1 Å². The molecule has 0 radical (unpaired) electrons. The van der Waals surface area contributed by atoms with Gasteiger partial charge in [-0.25, -0.2) is 13.1 Å². The summed E-state index contributed by atoms with van der Waals surface area (Å²) in [5.41, 5.74) is 0.278. The number of likely N-dealkylation sites (tertiary alicyclic amines) is 1. The first-order valence-electron chi connectivity index (χ1n) is 9.64. The maximum absolute atomic E-state index is 12.5. The first kappa shape index (κ1) is 22.4. The summed E-state index contributed by atoms with van der Waals surface area (Å²) < 4.78 is 27.6. The van der Waals surface area contributed by atoms with Crippen LogP contribution in [0.1, 0.15) is 23.2 Å². The lowest BCUT2D eigenvalue weighted by Crippen LogP contribution is -2.48. The van der Waals surface area contributed by atoms with Crippen molar-refractivity contribution in [2.24, 2.45) is 0 Å². The zero-order valence-corrected chi connectivity index (χ0v) is 17.4. The Kier molecular flexibility index (Phi) is 6.98. The highest BCUT2D eigenvalue weighted by Crippen LogP contribution is 2.18. The number of hydrogen-bond donors (Lipinski definition) is 2. The van der Waals surface area contributed by atoms with Gasteiger partial charge in [0.1, 0.15) is 0 Å². The highest BCUT2D eigenvalue weighted by Gasteiger charge is 2.27. The lowest BCUT2D eigenvalue weighted by Gasteiger charge is -2.32. The number of piperidine rings is 1. The molecular weight excluding hydrogens is 424 g/mol. The van der Waals surface area contributed by atoms with Gasteiger partial charge in [0, 0.05) is 36.8 Å². The summed E-state index contributed by atoms with van der Waals surface area (Å²) in [5.74, 6) is -0.569. The van der Waals surface area contributed by atoms with Crippen LogP contribution >= 0.6 is 0 Å². The van der Waals surface area contributed by atoms with Crippen LogP contribution in [0, 0.1) is 10.1 Å². The molecule has 2 aromatic rings. The van der Waals surface area contributed by atoms with Gasteiger partial charge in [0.05, 0.1) is 16.4 Å². The Balaban J connectivity index is 1.48. The van der Waals surface area contributed by atoms with E-state index in [0.717, 1.165) is 12.1 Å². The fourth-order valence-corrected chi connectivity index (χ4v) is 4.55. The van der Waals surface area contributed by atoms with Crippen LogP contribution in [0.5, 0.6) is 0 Å². The number of amides is 2. The third-order valence-electron chi connectivity index (χ3n) is 4.96. The molecule has 1 heterocycles. The Morgan fingerprint density at radius 3 is 2.23 bits per heavy atom. The average molecular weight is 446 g/mol. The number of non-ortho nitro benzene ring substituents is 1. The van der Waals surface area contributed by atoms with Crippen molar-refractivity contribution >= 4 is 27.5 Å². The standard InChI is InChI=1S/C20H22N4O6S/c25-19(14-21-20(26)15-4-2-1-3-5-15)23-12-10-16(11-13-23)22-31(29,30)18-8-6-17(7-9-18)24(27)28/h1-9,16,22H,10-14H2,(H,21,26). The molecule has 2 aromatic carbocycles. The summed E-state index contributed by atoms with van der Waals surface area (Å²) in [6.07, 6.45) is 0.842. The number of rotatable bonds is 7. The van der Waals surface area contributed by atoms with Crippen LogP contribution in [0.15, 0.2) is 59.5 Å². The molecule has 11 heteroatoms. The van der Waals surface area contributed by atoms with E-state index >= 15 is 0 Å². The molecule has 0 spiro atoms. The van der Waals surface area contributed by atoms with Gasteiger partial charge in [-0.15, -0.1) is 0 Å². The molecular formula is C20H22N4O6S. The van der Waals surface area contributed by atoms with Crippen LogP contribution in [-0.2, 0) is 14.8 Å². The van der Waals surface area contributed by atoms with Crippen LogP contribution in [0.25, 0.3) is 0 Å². The van der Waals surface area contributed by atoms with E-state index < -0.39 is 14.9 Å². The van der Waals surface area contributed by atoms with Gasteiger partial charge in [0.15, 0.2) is 0 Å². The second-order valence-electron chi connectivity index (χ2n) is 7.08. The van der Waals surface area contributed by atoms with Crippen LogP contribution in [0.4, 0.5) is 5.69 Å². The maximum atomic E-state index is 12.5. The highest BCUT2D eigenvalue weighted by molar-refractivity contribution is 7.89. The Labute approximate surface area is 179 Å². The predicted octanol–water partition coefficient (Wildman–Crippen LogP) is 1.29. The van der Waals surface area contributed by atoms with Crippen LogP contribution in [0.2, 0.25) is 0 Å². The molecule has 0 aliphatic carbocycles. The van der Waals surface area contributed by atoms with Crippen molar-refractivity contribution in [3.8, 4) is 0 Å². The molecule has 1 saturated heterocycles. The van der Waals surface area contributed by atoms with Gasteiger partial charge in [-0.05, 0) is 37.1 Å². The summed E-state index contributed by atoms with van der Waals surface area (Å²) in [5, 5.41) is 13.3. The quantitative estimate of drug-likeness (QED) is 0.485. The van der Waals surface area contributed by atoms with Gasteiger partial charge in [0.25, 0.3) is 11.6 Å². The summed E-state index contributed by atoms with van der Waals surface area (Å²) >= 11 is 0. The van der Waals surface area contributed by atoms with E-state index in [2.05, 4.69) is 10.0 Å². The van der Waals surface area contributed by atoms with Crippen LogP contribution in [-0.4, -0.2) is 55.7 Å². The van der Waals surface area contributed by atoms with E-state index in [9.17, 15) is 28.1 Å². The molecule has 2 amide bonds. The van der Waals surface area contributed by atoms with Gasteiger partial charge in [0.2, 0.25) is 15.9 Å². The number of carbonyl (C=O) groups is 2. The number of benzene rings is 2. The molecule has 164 valence electrons. The molecule has 10 nitrogen and oxygen atoms in total. The predicted molar refractivity (Wildman–Crippen MR) is 112 cm³/mol. The molecule has 31 heavy (non-hydrogen) atoms. The SMILES string of the molecule is O=C(NCC(=O)N1CCC(NS(=O)(=O)c2ccc([N+](=O)[O-])cc2)CC1)c1ccccc1. The largest absolute Gasteiger partial charge is 0.343 e. The molecule has 1 aliphatic rings. The topological polar surface area (TPSA) is 139 Å². The molecule has 3 rings (SSSR count). The number of nitrogens with one attached hydrogen (secondary N) is 2. The van der Waals surface area contributed by atoms with Crippen molar-refractivity contribution in [3.63, 3.8) is 0 Å². The number of hydrogen-bond acceptors (Lipinski definition) is 6. The number of nitro groups is 1. The minimum atomic E-state index is -3.83. The van der Waals surface area contributed by atoms with Crippen molar-refractivity contribution in [2.75, 3.05) is 19.6 Å². The fourth-order valence-electron chi connectivity index (χ4n) is 3.24. The van der Waals surface area contributed by atoms with E-state index in [1.807, 2.05) is 0 Å². The van der Waals surface area contributed by atoms with E-state index in [1.54, 1.807) is 35.2 Å². The lowest BCUT2D eigenvalue weighted by atomic mass is 10.1. The zero-order valence-electron chi connectivity index (χ0n) is 16.6. The van der Waals surface area contributed by atoms with E-state index in [-0.39, 0.29) is 35.0 Å². The number of nitrogens with zero attached hydrogens (tertiary/aromatic N) is 2. The fraction of sp³-hybridized carbons (Fsp3) is 0.300. The molecule has 2 N–H and O–H groups in total. The van der Waals surface area contributed by atoms with Gasteiger partial charge < -0.3 is 10.2 Å². The Hall–Kier alpha value is -3.31. The summed E-state index contributed by atoms with van der Waals surface area (Å²) in [6.45, 7) is 0.577. The second-order valence-corrected chi connectivity index (χ2v) is 8.79. The van der Waals surface area contributed by atoms with Crippen molar-refractivity contribution in [2.45, 2.75) is 23.8 Å². The zero-order chi connectivity index (χ0) is 22.4. The van der Waals surface area contributed by atoms with Crippen LogP contribution < -0.4 is 10.0 Å². The minimum absolute atomic E-state index is 0.0553. The van der Waals surface area contributed by atoms with E-state index in [4.69, 9.17) is 0 Å². The molecule has 0 unspecified atom stereocenters. The normalized spacial score (nSPS) is 14.8. The van der Waals surface area contributed by atoms with Crippen molar-refractivity contribution in [1.82, 2.24) is 14.9 Å². The first-order chi connectivity index (χ1) is 14.8. The number of nitro benzene ring substituents is 1. The van der Waals surface area contributed by atoms with Crippen molar-refractivity contribution < 1.29 is 22.9 Å². The third-order valence-corrected chi connectivity index (χ3v) is 6.50. The molecule has 1 aliphatic heterocycles. The van der Waals surface area contributed by atoms with Gasteiger partial charge in [-0.2, -0.15) is 0 Å².